The second-order valence-corrected chi connectivity index (χ2v) is 5.48. The van der Waals surface area contributed by atoms with E-state index in [1.807, 2.05) is 6.34 Å². The molecule has 0 saturated heterocycles. The van der Waals surface area contributed by atoms with E-state index in [4.69, 9.17) is 4.99 Å². The fourth-order valence-electron chi connectivity index (χ4n) is 2.75. The smallest absolute Gasteiger partial charge is 0.255 e. The summed E-state index contributed by atoms with van der Waals surface area (Å²) < 4.78 is 0.639. The van der Waals surface area contributed by atoms with Crippen LogP contribution in [-0.4, -0.2) is 36.6 Å². The third-order valence-corrected chi connectivity index (χ3v) is 4.32. The van der Waals surface area contributed by atoms with Crippen LogP contribution in [0.2, 0.25) is 0 Å². The average molecular weight is 273 g/mol. The molecule has 2 heterocycles. The van der Waals surface area contributed by atoms with Gasteiger partial charge in [0.15, 0.2) is 5.69 Å². The average Bonchev–Trinajstić information content (AvgIpc) is 2.79. The fraction of sp³-hybridized carbons (Fsp3) is 0.357. The lowest BCUT2D eigenvalue weighted by atomic mass is 10.1. The van der Waals surface area contributed by atoms with Gasteiger partial charge in [0.25, 0.3) is 5.84 Å². The van der Waals surface area contributed by atoms with Crippen molar-refractivity contribution in [2.75, 3.05) is 19.3 Å². The van der Waals surface area contributed by atoms with Crippen LogP contribution in [0.15, 0.2) is 39.5 Å². The van der Waals surface area contributed by atoms with Crippen molar-refractivity contribution in [1.82, 2.24) is 4.48 Å². The third kappa shape index (κ3) is 1.84. The molecule has 4 nitrogen and oxygen atoms in total. The SMILES string of the molecule is CCC[N+]12C=NN=C1CN=C(SC)c1ccccc12. The summed E-state index contributed by atoms with van der Waals surface area (Å²) in [5.41, 5.74) is 2.46. The number of para-hydroxylation sites is 1. The van der Waals surface area contributed by atoms with E-state index in [9.17, 15) is 0 Å². The molecule has 1 atom stereocenters. The predicted octanol–water partition coefficient (Wildman–Crippen LogP) is 2.88. The molecule has 98 valence electrons. The van der Waals surface area contributed by atoms with E-state index >= 15 is 0 Å². The van der Waals surface area contributed by atoms with Gasteiger partial charge in [0.05, 0.1) is 12.1 Å². The van der Waals surface area contributed by atoms with Gasteiger partial charge in [-0.05, 0) is 18.7 Å². The van der Waals surface area contributed by atoms with E-state index in [1.54, 1.807) is 11.8 Å². The highest BCUT2D eigenvalue weighted by Crippen LogP contribution is 2.34. The van der Waals surface area contributed by atoms with Crippen molar-refractivity contribution < 1.29 is 0 Å². The molecule has 0 aliphatic carbocycles. The van der Waals surface area contributed by atoms with E-state index in [0.717, 1.165) is 23.8 Å². The topological polar surface area (TPSA) is 37.1 Å². The summed E-state index contributed by atoms with van der Waals surface area (Å²) in [5, 5.41) is 9.58. The standard InChI is InChI=1S/C14H17N4S/c1-3-8-18-10-16-17-13(18)9-15-14(19-2)11-6-4-5-7-12(11)18/h4-7,10H,3,8-9H2,1-2H3/q+1. The zero-order valence-electron chi connectivity index (χ0n) is 11.2. The Morgan fingerprint density at radius 2 is 2.16 bits per heavy atom. The Labute approximate surface area is 117 Å². The van der Waals surface area contributed by atoms with Gasteiger partial charge in [-0.1, -0.05) is 29.3 Å². The lowest BCUT2D eigenvalue weighted by molar-refractivity contribution is 0.591. The van der Waals surface area contributed by atoms with Gasteiger partial charge in [-0.3, -0.25) is 4.99 Å². The van der Waals surface area contributed by atoms with Crippen LogP contribution in [-0.2, 0) is 0 Å². The summed E-state index contributed by atoms with van der Waals surface area (Å²) in [6.45, 7) is 3.81. The van der Waals surface area contributed by atoms with Crippen LogP contribution in [0.25, 0.3) is 0 Å². The molecule has 1 aromatic carbocycles. The first-order valence-electron chi connectivity index (χ1n) is 6.49. The summed E-state index contributed by atoms with van der Waals surface area (Å²) in [4.78, 5) is 4.71. The summed E-state index contributed by atoms with van der Waals surface area (Å²) >= 11 is 1.70. The van der Waals surface area contributed by atoms with Gasteiger partial charge in [-0.25, -0.2) is 0 Å². The first kappa shape index (κ1) is 12.6. The van der Waals surface area contributed by atoms with Crippen molar-refractivity contribution in [1.29, 1.82) is 0 Å². The molecule has 0 saturated carbocycles. The maximum atomic E-state index is 4.71. The highest BCUT2D eigenvalue weighted by Gasteiger charge is 2.42. The Bertz CT molecular complexity index is 591. The molecule has 1 unspecified atom stereocenters. The molecule has 0 spiro atoms. The van der Waals surface area contributed by atoms with Gasteiger partial charge >= 0.3 is 0 Å². The molecule has 0 radical (unpaired) electrons. The lowest BCUT2D eigenvalue weighted by Crippen LogP contribution is -2.52. The number of thioether (sulfide) groups is 1. The number of benzene rings is 1. The van der Waals surface area contributed by atoms with Gasteiger partial charge in [-0.15, -0.1) is 11.8 Å². The first-order valence-corrected chi connectivity index (χ1v) is 7.72. The van der Waals surface area contributed by atoms with Crippen LogP contribution in [0.1, 0.15) is 18.9 Å². The van der Waals surface area contributed by atoms with Gasteiger partial charge in [0.2, 0.25) is 6.34 Å². The Balaban J connectivity index is 2.24. The number of amidine groups is 1. The molecule has 3 rings (SSSR count). The van der Waals surface area contributed by atoms with Crippen LogP contribution in [0, 0.1) is 0 Å². The number of hydrogen-bond acceptors (Lipinski definition) is 4. The van der Waals surface area contributed by atoms with Crippen molar-refractivity contribution in [2.24, 2.45) is 15.2 Å². The third-order valence-electron chi connectivity index (χ3n) is 3.58. The molecule has 5 heteroatoms. The fourth-order valence-corrected chi connectivity index (χ4v) is 3.34. The molecule has 0 amide bonds. The molecule has 19 heavy (non-hydrogen) atoms. The molecule has 2 aliphatic heterocycles. The normalized spacial score (nSPS) is 24.3. The van der Waals surface area contributed by atoms with Crippen molar-refractivity contribution in [3.8, 4) is 0 Å². The predicted molar refractivity (Wildman–Crippen MR) is 84.2 cm³/mol. The van der Waals surface area contributed by atoms with Crippen molar-refractivity contribution in [3.05, 3.63) is 29.8 Å². The minimum atomic E-state index is 0.630. The van der Waals surface area contributed by atoms with Crippen LogP contribution in [0.4, 0.5) is 5.69 Å². The molecule has 0 aromatic heterocycles. The molecule has 0 N–H and O–H groups in total. The number of aliphatic imine (C=N–C) groups is 1. The van der Waals surface area contributed by atoms with Gasteiger partial charge in [0, 0.05) is 6.07 Å². The maximum absolute atomic E-state index is 4.71. The number of fused-ring (bicyclic) bond motifs is 3. The highest BCUT2D eigenvalue weighted by molar-refractivity contribution is 8.13. The monoisotopic (exact) mass is 273 g/mol. The Kier molecular flexibility index (Phi) is 3.24. The van der Waals surface area contributed by atoms with Crippen LogP contribution < -0.4 is 4.48 Å². The zero-order chi connectivity index (χ0) is 13.3. The van der Waals surface area contributed by atoms with Gasteiger partial charge < -0.3 is 0 Å². The van der Waals surface area contributed by atoms with Gasteiger partial charge in [0.1, 0.15) is 11.6 Å². The second-order valence-electron chi connectivity index (χ2n) is 4.68. The quantitative estimate of drug-likeness (QED) is 0.763. The minimum absolute atomic E-state index is 0.630. The molecule has 2 aliphatic rings. The van der Waals surface area contributed by atoms with E-state index in [0.29, 0.717) is 11.0 Å². The van der Waals surface area contributed by atoms with E-state index in [-0.39, 0.29) is 0 Å². The van der Waals surface area contributed by atoms with Crippen molar-refractivity contribution >= 4 is 34.7 Å². The summed E-state index contributed by atoms with van der Waals surface area (Å²) in [6.07, 6.45) is 5.11. The Hall–Kier alpha value is -1.46. The van der Waals surface area contributed by atoms with E-state index in [1.165, 1.54) is 11.3 Å². The van der Waals surface area contributed by atoms with Gasteiger partial charge in [-0.2, -0.15) is 4.48 Å². The summed E-state index contributed by atoms with van der Waals surface area (Å²) in [6, 6.07) is 8.48. The molecule has 1 aromatic rings. The summed E-state index contributed by atoms with van der Waals surface area (Å²) in [7, 11) is 0. The molecular formula is C14H17N4S+. The lowest BCUT2D eigenvalue weighted by Gasteiger charge is -2.29. The number of hydrogen-bond donors (Lipinski definition) is 0. The van der Waals surface area contributed by atoms with Crippen LogP contribution in [0.5, 0.6) is 0 Å². The Morgan fingerprint density at radius 1 is 1.32 bits per heavy atom. The summed E-state index contributed by atoms with van der Waals surface area (Å²) in [5.74, 6) is 1.03. The minimum Gasteiger partial charge on any atom is -0.265 e. The number of quaternary nitrogens is 1. The molecule has 0 bridgehead atoms. The molecular weight excluding hydrogens is 256 g/mol. The number of nitrogens with zero attached hydrogens (tertiary/aromatic N) is 4. The van der Waals surface area contributed by atoms with Crippen molar-refractivity contribution in [3.63, 3.8) is 0 Å². The highest BCUT2D eigenvalue weighted by atomic mass is 32.2. The second kappa shape index (κ2) is 4.90. The first-order chi connectivity index (χ1) is 9.31. The van der Waals surface area contributed by atoms with Crippen LogP contribution in [0.3, 0.4) is 0 Å². The van der Waals surface area contributed by atoms with Crippen molar-refractivity contribution in [2.45, 2.75) is 13.3 Å². The van der Waals surface area contributed by atoms with E-state index in [2.05, 4.69) is 47.6 Å². The van der Waals surface area contributed by atoms with E-state index < -0.39 is 0 Å². The van der Waals surface area contributed by atoms with Crippen LogP contribution >= 0.6 is 11.8 Å². The zero-order valence-corrected chi connectivity index (χ0v) is 12.0. The maximum Gasteiger partial charge on any atom is 0.255 e. The Morgan fingerprint density at radius 3 is 2.95 bits per heavy atom. The largest absolute Gasteiger partial charge is 0.265 e. The molecule has 0 fully saturated rings. The number of rotatable bonds is 2.